The van der Waals surface area contributed by atoms with Crippen molar-refractivity contribution in [2.75, 3.05) is 27.4 Å². The van der Waals surface area contributed by atoms with Crippen molar-refractivity contribution < 1.29 is 23.7 Å². The molecule has 1 N–H and O–H groups in total. The van der Waals surface area contributed by atoms with Gasteiger partial charge >= 0.3 is 0 Å². The molecule has 0 fully saturated rings. The van der Waals surface area contributed by atoms with Crippen LogP contribution in [0.1, 0.15) is 6.92 Å². The largest absolute Gasteiger partial charge is 0.493 e. The first-order valence-corrected chi connectivity index (χ1v) is 8.12. The number of benzene rings is 2. The molecule has 2 unspecified atom stereocenters. The molecule has 0 aromatic heterocycles. The van der Waals surface area contributed by atoms with Gasteiger partial charge < -0.3 is 23.7 Å². The number of hydrogen-bond donors (Lipinski definition) is 1. The van der Waals surface area contributed by atoms with Crippen molar-refractivity contribution in [3.8, 4) is 23.0 Å². The van der Waals surface area contributed by atoms with E-state index in [2.05, 4.69) is 5.32 Å². The van der Waals surface area contributed by atoms with E-state index in [-0.39, 0.29) is 0 Å². The van der Waals surface area contributed by atoms with Crippen molar-refractivity contribution in [3.05, 3.63) is 48.5 Å². The van der Waals surface area contributed by atoms with E-state index in [4.69, 9.17) is 23.7 Å². The highest BCUT2D eigenvalue weighted by Crippen LogP contribution is 2.34. The van der Waals surface area contributed by atoms with Crippen LogP contribution in [0.5, 0.6) is 23.0 Å². The van der Waals surface area contributed by atoms with Crippen LogP contribution in [-0.2, 0) is 4.74 Å². The molecule has 0 saturated carbocycles. The molecule has 134 valence electrons. The summed E-state index contributed by atoms with van der Waals surface area (Å²) in [6.45, 7) is 2.73. The lowest BCUT2D eigenvalue weighted by Crippen LogP contribution is -2.56. The minimum Gasteiger partial charge on any atom is -0.493 e. The lowest BCUT2D eigenvalue weighted by Gasteiger charge is -2.36. The molecule has 6 nitrogen and oxygen atoms in total. The van der Waals surface area contributed by atoms with Gasteiger partial charge in [0.2, 0.25) is 6.29 Å². The Kier molecular flexibility index (Phi) is 5.31. The first kappa shape index (κ1) is 17.4. The smallest absolute Gasteiger partial charge is 0.212 e. The summed E-state index contributed by atoms with van der Waals surface area (Å²) in [5, 5.41) is 3.31. The lowest BCUT2D eigenvalue weighted by atomic mass is 10.2. The van der Waals surface area contributed by atoms with Gasteiger partial charge in [-0.3, -0.25) is 5.32 Å². The molecule has 0 amide bonds. The van der Waals surface area contributed by atoms with Crippen LogP contribution in [0.3, 0.4) is 0 Å². The van der Waals surface area contributed by atoms with Crippen LogP contribution in [0.4, 0.5) is 0 Å². The van der Waals surface area contributed by atoms with Gasteiger partial charge in [-0.15, -0.1) is 0 Å². The molecule has 1 heterocycles. The molecule has 0 spiro atoms. The summed E-state index contributed by atoms with van der Waals surface area (Å²) >= 11 is 0. The predicted molar refractivity (Wildman–Crippen MR) is 93.4 cm³/mol. The maximum absolute atomic E-state index is 6.04. The van der Waals surface area contributed by atoms with E-state index in [1.807, 2.05) is 55.5 Å². The highest BCUT2D eigenvalue weighted by molar-refractivity contribution is 5.41. The Balaban J connectivity index is 1.61. The van der Waals surface area contributed by atoms with E-state index >= 15 is 0 Å². The second kappa shape index (κ2) is 7.63. The fourth-order valence-electron chi connectivity index (χ4n) is 2.56. The van der Waals surface area contributed by atoms with E-state index < -0.39 is 12.0 Å². The Hall–Kier alpha value is -2.44. The Morgan fingerprint density at radius 1 is 1.04 bits per heavy atom. The number of para-hydroxylation sites is 4. The summed E-state index contributed by atoms with van der Waals surface area (Å²) in [6, 6.07) is 15.0. The first-order chi connectivity index (χ1) is 12.1. The van der Waals surface area contributed by atoms with E-state index in [9.17, 15) is 0 Å². The zero-order valence-corrected chi connectivity index (χ0v) is 14.7. The van der Waals surface area contributed by atoms with Crippen molar-refractivity contribution in [2.45, 2.75) is 18.9 Å². The zero-order chi connectivity index (χ0) is 17.7. The van der Waals surface area contributed by atoms with Crippen LogP contribution >= 0.6 is 0 Å². The molecular weight excluding hydrogens is 322 g/mol. The molecule has 0 radical (unpaired) electrons. The third-order valence-corrected chi connectivity index (χ3v) is 3.92. The van der Waals surface area contributed by atoms with E-state index in [1.165, 1.54) is 0 Å². The second-order valence-corrected chi connectivity index (χ2v) is 5.88. The quantitative estimate of drug-likeness (QED) is 0.779. The Morgan fingerprint density at radius 3 is 2.44 bits per heavy atom. The van der Waals surface area contributed by atoms with Crippen LogP contribution in [0.25, 0.3) is 0 Å². The van der Waals surface area contributed by atoms with Crippen molar-refractivity contribution in [2.24, 2.45) is 0 Å². The molecule has 2 aromatic rings. The topological polar surface area (TPSA) is 58.2 Å². The average Bonchev–Trinajstić information content (AvgIpc) is 2.65. The summed E-state index contributed by atoms with van der Waals surface area (Å²) in [6.07, 6.45) is -0.506. The van der Waals surface area contributed by atoms with Crippen molar-refractivity contribution >= 4 is 0 Å². The standard InChI is InChI=1S/C19H23NO5/c1-19(13-23-15-9-5-7-11-17(15)25-19)20-12-18(22-3)24-16-10-6-4-8-14(16)21-2/h4-11,18,20H,12-13H2,1-3H3. The predicted octanol–water partition coefficient (Wildman–Crippen LogP) is 2.82. The van der Waals surface area contributed by atoms with Gasteiger partial charge in [0.05, 0.1) is 13.7 Å². The van der Waals surface area contributed by atoms with Gasteiger partial charge in [-0.05, 0) is 31.2 Å². The molecule has 2 aromatic carbocycles. The maximum atomic E-state index is 6.04. The minimum atomic E-state index is -0.671. The van der Waals surface area contributed by atoms with Crippen LogP contribution in [0.2, 0.25) is 0 Å². The van der Waals surface area contributed by atoms with Gasteiger partial charge in [0.15, 0.2) is 28.7 Å². The van der Waals surface area contributed by atoms with E-state index in [1.54, 1.807) is 14.2 Å². The zero-order valence-electron chi connectivity index (χ0n) is 14.7. The summed E-state index contributed by atoms with van der Waals surface area (Å²) in [4.78, 5) is 0. The Morgan fingerprint density at radius 2 is 1.72 bits per heavy atom. The van der Waals surface area contributed by atoms with E-state index in [0.717, 1.165) is 5.75 Å². The number of rotatable bonds is 7. The highest BCUT2D eigenvalue weighted by atomic mass is 16.7. The van der Waals surface area contributed by atoms with Gasteiger partial charge in [0.25, 0.3) is 0 Å². The van der Waals surface area contributed by atoms with Crippen molar-refractivity contribution in [1.29, 1.82) is 0 Å². The minimum absolute atomic E-state index is 0.384. The highest BCUT2D eigenvalue weighted by Gasteiger charge is 2.33. The fourth-order valence-corrected chi connectivity index (χ4v) is 2.56. The number of hydrogen-bond acceptors (Lipinski definition) is 6. The summed E-state index contributed by atoms with van der Waals surface area (Å²) < 4.78 is 28.4. The number of fused-ring (bicyclic) bond motifs is 1. The number of nitrogens with one attached hydrogen (secondary N) is 1. The van der Waals surface area contributed by atoms with Crippen LogP contribution in [0.15, 0.2) is 48.5 Å². The van der Waals surface area contributed by atoms with Crippen molar-refractivity contribution in [3.63, 3.8) is 0 Å². The normalized spacial score (nSPS) is 20.0. The molecule has 1 aliphatic rings. The first-order valence-electron chi connectivity index (χ1n) is 8.12. The number of ether oxygens (including phenoxy) is 5. The van der Waals surface area contributed by atoms with Crippen LogP contribution in [-0.4, -0.2) is 39.4 Å². The molecular formula is C19H23NO5. The maximum Gasteiger partial charge on any atom is 0.212 e. The lowest BCUT2D eigenvalue weighted by molar-refractivity contribution is -0.0800. The summed E-state index contributed by atoms with van der Waals surface area (Å²) in [5.74, 6) is 2.73. The molecule has 1 aliphatic heterocycles. The fraction of sp³-hybridized carbons (Fsp3) is 0.368. The van der Waals surface area contributed by atoms with Crippen LogP contribution in [0, 0.1) is 0 Å². The monoisotopic (exact) mass is 345 g/mol. The molecule has 0 bridgehead atoms. The van der Waals surface area contributed by atoms with Gasteiger partial charge in [0.1, 0.15) is 6.61 Å². The average molecular weight is 345 g/mol. The SMILES string of the molecule is COc1ccccc1OC(CNC1(C)COc2ccccc2O1)OC. The van der Waals surface area contributed by atoms with Gasteiger partial charge in [-0.2, -0.15) is 0 Å². The summed E-state index contributed by atoms with van der Waals surface area (Å²) in [7, 11) is 3.20. The van der Waals surface area contributed by atoms with Gasteiger partial charge in [-0.25, -0.2) is 0 Å². The van der Waals surface area contributed by atoms with Gasteiger partial charge in [0, 0.05) is 7.11 Å². The molecule has 2 atom stereocenters. The summed E-state index contributed by atoms with van der Waals surface area (Å²) in [5.41, 5.74) is -0.671. The third kappa shape index (κ3) is 4.15. The van der Waals surface area contributed by atoms with Gasteiger partial charge in [-0.1, -0.05) is 24.3 Å². The second-order valence-electron chi connectivity index (χ2n) is 5.88. The molecule has 3 rings (SSSR count). The molecule has 25 heavy (non-hydrogen) atoms. The molecule has 6 heteroatoms. The molecule has 0 aliphatic carbocycles. The Bertz CT molecular complexity index is 708. The third-order valence-electron chi connectivity index (χ3n) is 3.92. The molecule has 0 saturated heterocycles. The van der Waals surface area contributed by atoms with Crippen molar-refractivity contribution in [1.82, 2.24) is 5.32 Å². The number of methoxy groups -OCH3 is 2. The van der Waals surface area contributed by atoms with E-state index in [0.29, 0.717) is 30.4 Å². The van der Waals surface area contributed by atoms with Crippen LogP contribution < -0.4 is 24.3 Å². The Labute approximate surface area is 147 Å².